The first-order valence-electron chi connectivity index (χ1n) is 11.6. The third-order valence-electron chi connectivity index (χ3n) is 5.23. The molecule has 0 aromatic carbocycles. The molecule has 0 fully saturated rings. The molecule has 5 nitrogen and oxygen atoms in total. The van der Waals surface area contributed by atoms with E-state index in [1.54, 1.807) is 0 Å². The summed E-state index contributed by atoms with van der Waals surface area (Å²) in [6.07, 6.45) is 23.0. The fraction of sp³-hybridized carbons (Fsp3) is 1.00. The quantitative estimate of drug-likeness (QED) is 0.227. The molecule has 0 atom stereocenters. The third-order valence-corrected chi connectivity index (χ3v) is 5.23. The fourth-order valence-electron chi connectivity index (χ4n) is 3.46. The highest BCUT2D eigenvalue weighted by Crippen LogP contribution is 2.13. The first-order chi connectivity index (χ1) is 13.1. The van der Waals surface area contributed by atoms with E-state index in [4.69, 9.17) is 16.8 Å². The second kappa shape index (κ2) is 20.5. The zero-order valence-corrected chi connectivity index (χ0v) is 20.8. The van der Waals surface area contributed by atoms with E-state index < -0.39 is 14.1 Å². The fourth-order valence-corrected chi connectivity index (χ4v) is 3.46. The lowest BCUT2D eigenvalue weighted by Crippen LogP contribution is -2.68. The summed E-state index contributed by atoms with van der Waals surface area (Å²) in [6.45, 7) is 7.36. The van der Waals surface area contributed by atoms with Crippen LogP contribution in [-0.4, -0.2) is 31.7 Å². The van der Waals surface area contributed by atoms with Crippen molar-refractivity contribution >= 4 is 0 Å². The largest absolute Gasteiger partial charge is 0.328 e. The molecule has 0 N–H and O–H groups in total. The second-order valence-electron chi connectivity index (χ2n) is 8.71. The van der Waals surface area contributed by atoms with E-state index in [0.717, 1.165) is 0 Å². The lowest BCUT2D eigenvalue weighted by molar-refractivity contribution is -2.00. The van der Waals surface area contributed by atoms with Crippen LogP contribution in [0.1, 0.15) is 117 Å². The molecule has 0 radical (unpaired) electrons. The second-order valence-corrected chi connectivity index (χ2v) is 10.3. The van der Waals surface area contributed by atoms with E-state index in [9.17, 15) is 0 Å². The summed E-state index contributed by atoms with van der Waals surface area (Å²) in [6, 6.07) is 0. The maximum Gasteiger partial charge on any atom is 0.0782 e. The first-order valence-corrected chi connectivity index (χ1v) is 14.1. The molecular weight excluding hydrogens is 422 g/mol. The Labute approximate surface area is 179 Å². The number of hydrogen-bond donors (Lipinski definition) is 0. The van der Waals surface area contributed by atoms with Crippen molar-refractivity contribution in [2.75, 3.05) is 27.2 Å². The summed E-state index contributed by atoms with van der Waals surface area (Å²) in [5.74, 6) is 0. The van der Waals surface area contributed by atoms with Crippen LogP contribution in [0.25, 0.3) is 0 Å². The molecule has 0 aromatic rings. The Morgan fingerprint density at radius 1 is 0.464 bits per heavy atom. The van der Waals surface area contributed by atoms with E-state index in [1.807, 2.05) is 0 Å². The van der Waals surface area contributed by atoms with Crippen LogP contribution >= 0.6 is 0 Å². The molecule has 0 saturated heterocycles. The molecule has 28 heavy (non-hydrogen) atoms. The van der Waals surface area contributed by atoms with Crippen LogP contribution in [0, 0.1) is 14.1 Å². The van der Waals surface area contributed by atoms with Crippen molar-refractivity contribution in [2.24, 2.45) is 0 Å². The third kappa shape index (κ3) is 33.8. The minimum absolute atomic E-state index is 1.24. The van der Waals surface area contributed by atoms with Gasteiger partial charge in [-0.15, -0.1) is 0 Å². The number of halogens is 1. The number of rotatable bonds is 18. The highest BCUT2D eigenvalue weighted by atomic mass is 80.0. The van der Waals surface area contributed by atoms with Gasteiger partial charge in [-0.2, -0.15) is 0 Å². The molecule has 0 aromatic heterocycles. The predicted octanol–water partition coefficient (Wildman–Crippen LogP) is 2.59. The van der Waals surface area contributed by atoms with Crippen LogP contribution < -0.4 is 16.8 Å². The SMILES string of the molecule is CCCCCCCCCC[N+](C)(C)CCCCCCCCCC.[O-][Br+3]([O-])([O-])[O-]. The Kier molecular flexibility index (Phi) is 22.4. The molecule has 0 amide bonds. The Morgan fingerprint density at radius 3 is 0.929 bits per heavy atom. The number of unbranched alkanes of at least 4 members (excludes halogenated alkanes) is 14. The summed E-state index contributed by atoms with van der Waals surface area (Å²) in [5, 5.41) is 0. The Balaban J connectivity index is 0. The molecule has 0 aliphatic carbocycles. The normalized spacial score (nSPS) is 12.0. The monoisotopic (exact) mass is 469 g/mol. The van der Waals surface area contributed by atoms with Crippen LogP contribution in [0.5, 0.6) is 0 Å². The molecule has 6 heteroatoms. The van der Waals surface area contributed by atoms with E-state index >= 15 is 0 Å². The molecule has 0 aliphatic heterocycles. The van der Waals surface area contributed by atoms with Crippen molar-refractivity contribution in [3.8, 4) is 0 Å². The van der Waals surface area contributed by atoms with Crippen LogP contribution in [0.15, 0.2) is 0 Å². The van der Waals surface area contributed by atoms with E-state index in [-0.39, 0.29) is 0 Å². The number of hydrogen-bond acceptors (Lipinski definition) is 4. The van der Waals surface area contributed by atoms with E-state index in [0.29, 0.717) is 0 Å². The smallest absolute Gasteiger partial charge is 0.0782 e. The van der Waals surface area contributed by atoms with Gasteiger partial charge in [-0.1, -0.05) is 90.9 Å². The first kappa shape index (κ1) is 30.5. The Bertz CT molecular complexity index is 281. The summed E-state index contributed by atoms with van der Waals surface area (Å²) >= 11 is -5.62. The van der Waals surface area contributed by atoms with Crippen LogP contribution in [-0.2, 0) is 0 Å². The van der Waals surface area contributed by atoms with Crippen LogP contribution in [0.4, 0.5) is 0 Å². The standard InChI is InChI=1S/C22H48N.BrO4/c1-5-7-9-11-13-15-17-19-21-23(3,4)22-20-18-16-14-12-10-8-6-2;2-1(3,4)5/h5-22H2,1-4H3;/q+1;-1. The van der Waals surface area contributed by atoms with Crippen LogP contribution in [0.2, 0.25) is 0 Å². The van der Waals surface area contributed by atoms with Gasteiger partial charge >= 0.3 is 0 Å². The number of quaternary nitrogens is 1. The summed E-state index contributed by atoms with van der Waals surface area (Å²) in [4.78, 5) is 0. The van der Waals surface area contributed by atoms with Gasteiger partial charge < -0.3 is 4.48 Å². The van der Waals surface area contributed by atoms with Crippen molar-refractivity contribution < 1.29 is 35.4 Å². The van der Waals surface area contributed by atoms with Gasteiger partial charge in [0.2, 0.25) is 0 Å². The van der Waals surface area contributed by atoms with Crippen molar-refractivity contribution in [1.82, 2.24) is 0 Å². The van der Waals surface area contributed by atoms with Gasteiger partial charge in [0.1, 0.15) is 0 Å². The van der Waals surface area contributed by atoms with Crippen molar-refractivity contribution in [1.29, 1.82) is 0 Å². The Hall–Kier alpha value is 0.280. The molecule has 0 unspecified atom stereocenters. The van der Waals surface area contributed by atoms with Gasteiger partial charge in [-0.25, -0.2) is 0 Å². The maximum atomic E-state index is 8.58. The Morgan fingerprint density at radius 2 is 0.679 bits per heavy atom. The lowest BCUT2D eigenvalue weighted by Gasteiger charge is -2.30. The summed E-state index contributed by atoms with van der Waals surface area (Å²) in [5.41, 5.74) is 0. The molecular formula is C22H48BrNO4. The predicted molar refractivity (Wildman–Crippen MR) is 107 cm³/mol. The molecule has 0 spiro atoms. The molecule has 0 bridgehead atoms. The van der Waals surface area contributed by atoms with Gasteiger partial charge in [0.15, 0.2) is 0 Å². The molecule has 0 aliphatic rings. The van der Waals surface area contributed by atoms with Gasteiger partial charge in [-0.3, -0.25) is 16.8 Å². The van der Waals surface area contributed by atoms with E-state index in [2.05, 4.69) is 27.9 Å². The summed E-state index contributed by atoms with van der Waals surface area (Å²) < 4.78 is 35.6. The zero-order chi connectivity index (χ0) is 21.7. The highest BCUT2D eigenvalue weighted by molar-refractivity contribution is 4.48. The lowest BCUT2D eigenvalue weighted by atomic mass is 10.1. The maximum absolute atomic E-state index is 8.58. The van der Waals surface area contributed by atoms with Gasteiger partial charge in [-0.05, 0) is 25.7 Å². The highest BCUT2D eigenvalue weighted by Gasteiger charge is 2.13. The van der Waals surface area contributed by atoms with Crippen molar-refractivity contribution in [3.05, 3.63) is 0 Å². The average molecular weight is 471 g/mol. The molecule has 0 saturated carbocycles. The van der Waals surface area contributed by atoms with Gasteiger partial charge in [0.05, 0.1) is 41.3 Å². The zero-order valence-electron chi connectivity index (χ0n) is 19.2. The summed E-state index contributed by atoms with van der Waals surface area (Å²) in [7, 11) is 4.87. The van der Waals surface area contributed by atoms with Gasteiger partial charge in [0, 0.05) is 0 Å². The van der Waals surface area contributed by atoms with Crippen molar-refractivity contribution in [2.45, 2.75) is 117 Å². The molecule has 0 heterocycles. The molecule has 0 rings (SSSR count). The van der Waals surface area contributed by atoms with E-state index in [1.165, 1.54) is 120 Å². The average Bonchev–Trinajstić information content (AvgIpc) is 2.58. The number of nitrogens with zero attached hydrogens (tertiary/aromatic N) is 1. The van der Waals surface area contributed by atoms with Gasteiger partial charge in [0.25, 0.3) is 0 Å². The van der Waals surface area contributed by atoms with Crippen molar-refractivity contribution in [3.63, 3.8) is 0 Å². The minimum atomic E-state index is -5.62. The van der Waals surface area contributed by atoms with Crippen LogP contribution in [0.3, 0.4) is 0 Å². The molecule has 172 valence electrons. The topological polar surface area (TPSA) is 92.2 Å². The minimum Gasteiger partial charge on any atom is -0.328 e.